The summed E-state index contributed by atoms with van der Waals surface area (Å²) in [5.41, 5.74) is 0.940. The first-order valence-corrected chi connectivity index (χ1v) is 10.8. The summed E-state index contributed by atoms with van der Waals surface area (Å²) >= 11 is 10.1. The van der Waals surface area contributed by atoms with E-state index < -0.39 is 0 Å². The fourth-order valence-electron chi connectivity index (χ4n) is 3.20. The molecule has 0 bridgehead atoms. The molecular weight excluding hydrogens is 432 g/mol. The minimum Gasteiger partial charge on any atom is -0.353 e. The molecule has 0 unspecified atom stereocenters. The second kappa shape index (κ2) is 9.15. The fraction of sp³-hybridized carbons (Fsp3) is 0.421. The summed E-state index contributed by atoms with van der Waals surface area (Å²) in [5.74, 6) is -0.118. The highest BCUT2D eigenvalue weighted by Crippen LogP contribution is 2.33. The highest BCUT2D eigenvalue weighted by Gasteiger charge is 2.32. The van der Waals surface area contributed by atoms with Gasteiger partial charge in [-0.2, -0.15) is 0 Å². The minimum atomic E-state index is -0.120. The highest BCUT2D eigenvalue weighted by atomic mass is 79.9. The van der Waals surface area contributed by atoms with E-state index in [9.17, 15) is 9.59 Å². The van der Waals surface area contributed by atoms with E-state index >= 15 is 0 Å². The molecule has 1 N–H and O–H groups in total. The first-order valence-electron chi connectivity index (χ1n) is 8.83. The largest absolute Gasteiger partial charge is 0.353 e. The Morgan fingerprint density at radius 1 is 1.35 bits per heavy atom. The van der Waals surface area contributed by atoms with Crippen molar-refractivity contribution in [1.29, 1.82) is 0 Å². The van der Waals surface area contributed by atoms with Gasteiger partial charge in [0.25, 0.3) is 5.91 Å². The molecule has 1 aromatic carbocycles. The Hall–Kier alpha value is -1.18. The summed E-state index contributed by atoms with van der Waals surface area (Å²) in [6.45, 7) is 0.332. The van der Waals surface area contributed by atoms with Gasteiger partial charge in [0.05, 0.1) is 4.91 Å². The lowest BCUT2D eigenvalue weighted by molar-refractivity contribution is -0.124. The van der Waals surface area contributed by atoms with Gasteiger partial charge in [0, 0.05) is 23.5 Å². The fourth-order valence-corrected chi connectivity index (χ4v) is 4.93. The number of thiocarbonyl (C=S) groups is 1. The van der Waals surface area contributed by atoms with Crippen molar-refractivity contribution < 1.29 is 9.59 Å². The molecule has 4 nitrogen and oxygen atoms in total. The van der Waals surface area contributed by atoms with Crippen LogP contribution in [0.4, 0.5) is 0 Å². The molecule has 1 aliphatic heterocycles. The van der Waals surface area contributed by atoms with E-state index in [1.54, 1.807) is 0 Å². The molecule has 26 heavy (non-hydrogen) atoms. The van der Waals surface area contributed by atoms with Crippen molar-refractivity contribution in [2.75, 3.05) is 6.54 Å². The van der Waals surface area contributed by atoms with Gasteiger partial charge < -0.3 is 5.32 Å². The third kappa shape index (κ3) is 5.18. The highest BCUT2D eigenvalue weighted by molar-refractivity contribution is 9.10. The van der Waals surface area contributed by atoms with Crippen LogP contribution >= 0.6 is 39.9 Å². The molecule has 1 saturated heterocycles. The first-order chi connectivity index (χ1) is 12.5. The molecule has 2 amide bonds. The molecule has 2 aliphatic rings. The number of amides is 2. The number of hydrogen-bond acceptors (Lipinski definition) is 4. The van der Waals surface area contributed by atoms with E-state index in [0.29, 0.717) is 21.8 Å². The summed E-state index contributed by atoms with van der Waals surface area (Å²) in [7, 11) is 0. The van der Waals surface area contributed by atoms with E-state index in [2.05, 4.69) is 21.2 Å². The zero-order valence-corrected chi connectivity index (χ0v) is 17.6. The standard InChI is InChI=1S/C19H21BrN2O2S2/c20-14-6-4-5-13(11-14)12-16-18(24)22(19(25)26-16)10-9-17(23)21-15-7-2-1-3-8-15/h4-6,11-12,15H,1-3,7-10H2,(H,21,23)/b16-12+. The molecule has 1 saturated carbocycles. The number of carbonyl (C=O) groups excluding carboxylic acids is 2. The molecule has 1 aliphatic carbocycles. The lowest BCUT2D eigenvalue weighted by atomic mass is 9.95. The Morgan fingerprint density at radius 2 is 2.12 bits per heavy atom. The third-order valence-electron chi connectivity index (χ3n) is 4.55. The maximum absolute atomic E-state index is 12.6. The van der Waals surface area contributed by atoms with Gasteiger partial charge in [-0.15, -0.1) is 0 Å². The number of hydrogen-bond donors (Lipinski definition) is 1. The molecule has 1 heterocycles. The van der Waals surface area contributed by atoms with Gasteiger partial charge >= 0.3 is 0 Å². The Balaban J connectivity index is 1.56. The maximum atomic E-state index is 12.6. The van der Waals surface area contributed by atoms with Gasteiger partial charge in [-0.25, -0.2) is 0 Å². The van der Waals surface area contributed by atoms with Crippen LogP contribution in [0.3, 0.4) is 0 Å². The lowest BCUT2D eigenvalue weighted by Crippen LogP contribution is -2.39. The number of nitrogens with one attached hydrogen (secondary N) is 1. The van der Waals surface area contributed by atoms with Crippen molar-refractivity contribution in [3.05, 3.63) is 39.2 Å². The van der Waals surface area contributed by atoms with Crippen LogP contribution in [-0.4, -0.2) is 33.6 Å². The zero-order valence-electron chi connectivity index (χ0n) is 14.4. The number of benzene rings is 1. The third-order valence-corrected chi connectivity index (χ3v) is 6.42. The SMILES string of the molecule is O=C(CCN1C(=O)/C(=C\c2cccc(Br)c2)SC1=S)NC1CCCCC1. The van der Waals surface area contributed by atoms with Crippen LogP contribution in [0.1, 0.15) is 44.1 Å². The molecule has 0 aromatic heterocycles. The predicted octanol–water partition coefficient (Wildman–Crippen LogP) is 4.49. The Labute approximate surface area is 171 Å². The normalized spacial score (nSPS) is 20.0. The van der Waals surface area contributed by atoms with Crippen molar-refractivity contribution in [3.8, 4) is 0 Å². The average Bonchev–Trinajstić information content (AvgIpc) is 2.87. The molecule has 2 fully saturated rings. The van der Waals surface area contributed by atoms with Crippen molar-refractivity contribution >= 4 is 62.1 Å². The van der Waals surface area contributed by atoms with Crippen molar-refractivity contribution in [2.45, 2.75) is 44.6 Å². The number of carbonyl (C=O) groups is 2. The van der Waals surface area contributed by atoms with E-state index in [4.69, 9.17) is 12.2 Å². The van der Waals surface area contributed by atoms with Crippen molar-refractivity contribution in [1.82, 2.24) is 10.2 Å². The van der Waals surface area contributed by atoms with E-state index in [-0.39, 0.29) is 18.2 Å². The summed E-state index contributed by atoms with van der Waals surface area (Å²) in [6, 6.07) is 8.04. The Kier molecular flexibility index (Phi) is 6.89. The van der Waals surface area contributed by atoms with Gasteiger partial charge in [0.15, 0.2) is 0 Å². The first kappa shape index (κ1) is 19.6. The molecule has 3 rings (SSSR count). The minimum absolute atomic E-state index is 0.00178. The summed E-state index contributed by atoms with van der Waals surface area (Å²) in [5, 5.41) is 3.08. The van der Waals surface area contributed by atoms with Gasteiger partial charge in [-0.1, -0.05) is 71.3 Å². The van der Waals surface area contributed by atoms with Crippen LogP contribution in [0.2, 0.25) is 0 Å². The molecule has 0 spiro atoms. The number of nitrogens with zero attached hydrogens (tertiary/aromatic N) is 1. The smallest absolute Gasteiger partial charge is 0.266 e. The quantitative estimate of drug-likeness (QED) is 0.527. The lowest BCUT2D eigenvalue weighted by Gasteiger charge is -2.23. The zero-order chi connectivity index (χ0) is 18.5. The van der Waals surface area contributed by atoms with Crippen LogP contribution in [0.15, 0.2) is 33.6 Å². The van der Waals surface area contributed by atoms with Gasteiger partial charge in [-0.05, 0) is 36.6 Å². The average molecular weight is 453 g/mol. The van der Waals surface area contributed by atoms with Crippen LogP contribution in [0.25, 0.3) is 6.08 Å². The molecular formula is C19H21BrN2O2S2. The second-order valence-electron chi connectivity index (χ2n) is 6.54. The molecule has 0 atom stereocenters. The van der Waals surface area contributed by atoms with E-state index in [1.807, 2.05) is 30.3 Å². The van der Waals surface area contributed by atoms with Crippen LogP contribution in [0.5, 0.6) is 0 Å². The molecule has 0 radical (unpaired) electrons. The molecule has 138 valence electrons. The number of halogens is 1. The Bertz CT molecular complexity index is 745. The van der Waals surface area contributed by atoms with Gasteiger partial charge in [0.1, 0.15) is 4.32 Å². The van der Waals surface area contributed by atoms with Crippen LogP contribution in [-0.2, 0) is 9.59 Å². The van der Waals surface area contributed by atoms with Crippen molar-refractivity contribution in [3.63, 3.8) is 0 Å². The Morgan fingerprint density at radius 3 is 2.85 bits per heavy atom. The monoisotopic (exact) mass is 452 g/mol. The molecule has 1 aromatic rings. The second-order valence-corrected chi connectivity index (χ2v) is 9.13. The molecule has 7 heteroatoms. The van der Waals surface area contributed by atoms with E-state index in [0.717, 1.165) is 22.9 Å². The number of rotatable bonds is 5. The van der Waals surface area contributed by atoms with Gasteiger partial charge in [0.2, 0.25) is 5.91 Å². The maximum Gasteiger partial charge on any atom is 0.266 e. The van der Waals surface area contributed by atoms with Gasteiger partial charge in [-0.3, -0.25) is 14.5 Å². The van der Waals surface area contributed by atoms with Crippen LogP contribution in [0, 0.1) is 0 Å². The number of thioether (sulfide) groups is 1. The topological polar surface area (TPSA) is 49.4 Å². The predicted molar refractivity (Wildman–Crippen MR) is 114 cm³/mol. The van der Waals surface area contributed by atoms with E-state index in [1.165, 1.54) is 35.9 Å². The van der Waals surface area contributed by atoms with Crippen LogP contribution < -0.4 is 5.32 Å². The summed E-state index contributed by atoms with van der Waals surface area (Å²) in [6.07, 6.45) is 7.86. The summed E-state index contributed by atoms with van der Waals surface area (Å²) < 4.78 is 1.47. The van der Waals surface area contributed by atoms with Crippen molar-refractivity contribution in [2.24, 2.45) is 0 Å². The summed E-state index contributed by atoms with van der Waals surface area (Å²) in [4.78, 5) is 26.9.